The zero-order chi connectivity index (χ0) is 26.7. The number of rotatable bonds is 7. The second-order valence-corrected chi connectivity index (χ2v) is 10.3. The summed E-state index contributed by atoms with van der Waals surface area (Å²) >= 11 is 0. The topological polar surface area (TPSA) is 84.2 Å². The van der Waals surface area contributed by atoms with E-state index in [0.717, 1.165) is 11.1 Å². The van der Waals surface area contributed by atoms with Crippen LogP contribution in [0.3, 0.4) is 0 Å². The van der Waals surface area contributed by atoms with Gasteiger partial charge < -0.3 is 9.73 Å². The van der Waals surface area contributed by atoms with Gasteiger partial charge >= 0.3 is 0 Å². The van der Waals surface area contributed by atoms with Crippen LogP contribution < -0.4 is 15.5 Å². The van der Waals surface area contributed by atoms with Crippen LogP contribution in [0.2, 0.25) is 0 Å². The van der Waals surface area contributed by atoms with Crippen LogP contribution >= 0.6 is 10.7 Å². The SMILES string of the molecule is C/C=S(/NC(=O)c1ncccc1N[C@H](C)c1cc(C)cc2c(=O)c(C)c(-c3ccccc3)oc12)C(F)F. The van der Waals surface area contributed by atoms with Gasteiger partial charge in [0, 0.05) is 22.9 Å². The van der Waals surface area contributed by atoms with Gasteiger partial charge in [0.2, 0.25) is 0 Å². The number of anilines is 1. The molecule has 37 heavy (non-hydrogen) atoms. The number of halogens is 2. The number of aryl methyl sites for hydroxylation is 1. The van der Waals surface area contributed by atoms with Gasteiger partial charge in [-0.1, -0.05) is 36.4 Å². The second kappa shape index (κ2) is 11.0. The van der Waals surface area contributed by atoms with E-state index >= 15 is 0 Å². The zero-order valence-corrected chi connectivity index (χ0v) is 21.7. The van der Waals surface area contributed by atoms with Crippen LogP contribution in [0.5, 0.6) is 0 Å². The van der Waals surface area contributed by atoms with Crippen LogP contribution in [0.15, 0.2) is 70.0 Å². The summed E-state index contributed by atoms with van der Waals surface area (Å²) in [5.74, 6) is -2.93. The zero-order valence-electron chi connectivity index (χ0n) is 20.8. The normalized spacial score (nSPS) is 13.1. The molecule has 192 valence electrons. The van der Waals surface area contributed by atoms with Gasteiger partial charge in [0.25, 0.3) is 11.7 Å². The first-order chi connectivity index (χ1) is 17.7. The molecule has 2 aromatic carbocycles. The molecular weight excluding hydrogens is 496 g/mol. The van der Waals surface area contributed by atoms with E-state index in [1.165, 1.54) is 18.5 Å². The van der Waals surface area contributed by atoms with Gasteiger partial charge in [0.1, 0.15) is 11.3 Å². The Bertz CT molecular complexity index is 1550. The predicted molar refractivity (Wildman–Crippen MR) is 146 cm³/mol. The van der Waals surface area contributed by atoms with Gasteiger partial charge in [-0.25, -0.2) is 4.98 Å². The molecule has 0 bridgehead atoms. The molecule has 4 aromatic rings. The van der Waals surface area contributed by atoms with Gasteiger partial charge in [-0.2, -0.15) is 8.78 Å². The van der Waals surface area contributed by atoms with Gasteiger partial charge in [0.05, 0.1) is 17.1 Å². The van der Waals surface area contributed by atoms with E-state index in [-0.39, 0.29) is 11.1 Å². The number of alkyl halides is 2. The molecule has 1 amide bonds. The van der Waals surface area contributed by atoms with E-state index in [1.807, 2.05) is 50.2 Å². The average molecular weight is 524 g/mol. The van der Waals surface area contributed by atoms with Crippen LogP contribution in [0, 0.1) is 13.8 Å². The number of benzene rings is 2. The van der Waals surface area contributed by atoms with Crippen molar-refractivity contribution in [1.82, 2.24) is 9.71 Å². The molecule has 1 unspecified atom stereocenters. The monoisotopic (exact) mass is 523 g/mol. The van der Waals surface area contributed by atoms with Crippen molar-refractivity contribution in [2.45, 2.75) is 39.5 Å². The molecule has 0 aliphatic rings. The lowest BCUT2D eigenvalue weighted by Crippen LogP contribution is -2.23. The lowest BCUT2D eigenvalue weighted by Gasteiger charge is -2.20. The third-order valence-corrected chi connectivity index (χ3v) is 7.26. The Morgan fingerprint density at radius 1 is 1.11 bits per heavy atom. The van der Waals surface area contributed by atoms with Crippen LogP contribution in [0.25, 0.3) is 22.3 Å². The highest BCUT2D eigenvalue weighted by atomic mass is 32.2. The third-order valence-electron chi connectivity index (χ3n) is 5.95. The summed E-state index contributed by atoms with van der Waals surface area (Å²) in [7, 11) is -1.69. The number of amides is 1. The number of carbonyl (C=O) groups is 1. The van der Waals surface area contributed by atoms with Crippen molar-refractivity contribution in [3.8, 4) is 11.3 Å². The summed E-state index contributed by atoms with van der Waals surface area (Å²) in [4.78, 5) is 30.2. The Morgan fingerprint density at radius 3 is 2.51 bits per heavy atom. The molecule has 9 heteroatoms. The van der Waals surface area contributed by atoms with Gasteiger partial charge in [-0.15, -0.1) is 0 Å². The molecule has 2 heterocycles. The lowest BCUT2D eigenvalue weighted by atomic mass is 9.98. The molecule has 0 radical (unpaired) electrons. The van der Waals surface area contributed by atoms with E-state index in [2.05, 4.69) is 15.0 Å². The maximum atomic E-state index is 13.3. The van der Waals surface area contributed by atoms with Crippen molar-refractivity contribution in [2.75, 3.05) is 5.32 Å². The Balaban J connectivity index is 1.77. The summed E-state index contributed by atoms with van der Waals surface area (Å²) in [5, 5.41) is 4.98. The number of carbonyl (C=O) groups excluding carboxylic acids is 1. The highest BCUT2D eigenvalue weighted by Crippen LogP contribution is 2.32. The maximum Gasteiger partial charge on any atom is 0.296 e. The molecule has 0 spiro atoms. The minimum atomic E-state index is -2.71. The van der Waals surface area contributed by atoms with Crippen LogP contribution in [0.4, 0.5) is 14.5 Å². The fraction of sp³-hybridized carbons (Fsp3) is 0.214. The Morgan fingerprint density at radius 2 is 1.84 bits per heavy atom. The number of nitrogens with zero attached hydrogens (tertiary/aromatic N) is 1. The molecular formula is C28H27F2N3O3S. The average Bonchev–Trinajstić information content (AvgIpc) is 2.89. The maximum absolute atomic E-state index is 13.3. The molecule has 0 saturated carbocycles. The van der Waals surface area contributed by atoms with Gasteiger partial charge in [-0.3, -0.25) is 14.3 Å². The Hall–Kier alpha value is -3.85. The second-order valence-electron chi connectivity index (χ2n) is 8.55. The fourth-order valence-corrected chi connectivity index (χ4v) is 4.85. The summed E-state index contributed by atoms with van der Waals surface area (Å²) in [6, 6.07) is 16.0. The summed E-state index contributed by atoms with van der Waals surface area (Å²) in [5.41, 5.74) is 3.59. The van der Waals surface area contributed by atoms with Crippen molar-refractivity contribution in [1.29, 1.82) is 0 Å². The van der Waals surface area contributed by atoms with E-state index in [0.29, 0.717) is 33.5 Å². The number of pyridine rings is 1. The molecule has 0 fully saturated rings. The minimum absolute atomic E-state index is 0.00594. The van der Waals surface area contributed by atoms with Crippen molar-refractivity contribution in [2.24, 2.45) is 0 Å². The molecule has 2 aromatic heterocycles. The molecule has 2 atom stereocenters. The largest absolute Gasteiger partial charge is 0.455 e. The summed E-state index contributed by atoms with van der Waals surface area (Å²) in [6.07, 6.45) is 1.43. The number of hydrogen-bond donors (Lipinski definition) is 2. The Kier molecular flexibility index (Phi) is 7.83. The molecule has 0 aliphatic carbocycles. The number of hydrogen-bond acceptors (Lipinski definition) is 5. The van der Waals surface area contributed by atoms with E-state index < -0.39 is 28.4 Å². The van der Waals surface area contributed by atoms with Crippen molar-refractivity contribution in [3.63, 3.8) is 0 Å². The molecule has 0 aliphatic heterocycles. The van der Waals surface area contributed by atoms with Crippen LogP contribution in [-0.2, 0) is 0 Å². The number of aromatic nitrogens is 1. The number of fused-ring (bicyclic) bond motifs is 1. The smallest absolute Gasteiger partial charge is 0.296 e. The molecule has 4 rings (SSSR count). The fourth-order valence-electron chi connectivity index (χ4n) is 4.13. The van der Waals surface area contributed by atoms with E-state index in [1.54, 1.807) is 25.1 Å². The van der Waals surface area contributed by atoms with Crippen molar-refractivity contribution < 1.29 is 18.0 Å². The van der Waals surface area contributed by atoms with E-state index in [9.17, 15) is 18.4 Å². The van der Waals surface area contributed by atoms with E-state index in [4.69, 9.17) is 4.42 Å². The van der Waals surface area contributed by atoms with Crippen LogP contribution in [-0.4, -0.2) is 22.0 Å². The first-order valence-electron chi connectivity index (χ1n) is 11.7. The highest BCUT2D eigenvalue weighted by molar-refractivity contribution is 8.13. The summed E-state index contributed by atoms with van der Waals surface area (Å²) in [6.45, 7) is 6.98. The summed E-state index contributed by atoms with van der Waals surface area (Å²) < 4.78 is 35.1. The minimum Gasteiger partial charge on any atom is -0.455 e. The molecule has 2 N–H and O–H groups in total. The first-order valence-corrected chi connectivity index (χ1v) is 13.0. The quantitative estimate of drug-likeness (QED) is 0.267. The van der Waals surface area contributed by atoms with Crippen molar-refractivity contribution in [3.05, 3.63) is 93.4 Å². The van der Waals surface area contributed by atoms with Crippen LogP contribution in [0.1, 0.15) is 47.1 Å². The standard InChI is InChI=1S/C28H27F2N3O3S/c1-5-37(28(29)30)33-27(35)23-22(12-9-13-31-23)32-18(4)20-14-16(2)15-21-24(34)17(3)25(36-26(20)21)19-10-7-6-8-11-19/h5-15,18,28,32H,1-4H3,(H,33,35)/t18-,37?/m1/s1. The van der Waals surface area contributed by atoms with Gasteiger partial charge in [0.15, 0.2) is 11.1 Å². The highest BCUT2D eigenvalue weighted by Gasteiger charge is 2.22. The lowest BCUT2D eigenvalue weighted by molar-refractivity contribution is 0.0977. The third kappa shape index (κ3) is 5.46. The predicted octanol–water partition coefficient (Wildman–Crippen LogP) is 6.60. The first kappa shape index (κ1) is 26.2. The van der Waals surface area contributed by atoms with Gasteiger partial charge in [-0.05, 0) is 67.5 Å². The number of nitrogens with one attached hydrogen (secondary N) is 2. The Labute approximate surface area is 215 Å². The van der Waals surface area contributed by atoms with Crippen molar-refractivity contribution >= 4 is 38.6 Å². The molecule has 0 saturated heterocycles. The molecule has 6 nitrogen and oxygen atoms in total.